The van der Waals surface area contributed by atoms with Crippen molar-refractivity contribution in [2.75, 3.05) is 5.32 Å². The van der Waals surface area contributed by atoms with Crippen LogP contribution in [0.3, 0.4) is 0 Å². The Morgan fingerprint density at radius 1 is 0.870 bits per heavy atom. The maximum Gasteiger partial charge on any atom is 0.253 e. The van der Waals surface area contributed by atoms with Crippen molar-refractivity contribution in [3.63, 3.8) is 0 Å². The van der Waals surface area contributed by atoms with Gasteiger partial charge in [-0.2, -0.15) is 0 Å². The van der Waals surface area contributed by atoms with E-state index >= 15 is 0 Å². The Kier molecular flexibility index (Phi) is 5.89. The lowest BCUT2D eigenvalue weighted by atomic mass is 9.95. The molecule has 0 saturated heterocycles. The fourth-order valence-electron chi connectivity index (χ4n) is 3.82. The van der Waals surface area contributed by atoms with Crippen LogP contribution in [0.4, 0.5) is 5.69 Å². The molecule has 23 heavy (non-hydrogen) atoms. The lowest BCUT2D eigenvalue weighted by Gasteiger charge is -2.23. The second kappa shape index (κ2) is 8.32. The van der Waals surface area contributed by atoms with Gasteiger partial charge in [0.1, 0.15) is 0 Å². The molecule has 2 aliphatic rings. The minimum Gasteiger partial charge on any atom is -0.381 e. The van der Waals surface area contributed by atoms with Gasteiger partial charge >= 0.3 is 0 Å². The Morgan fingerprint density at radius 3 is 2.17 bits per heavy atom. The molecule has 2 saturated carbocycles. The van der Waals surface area contributed by atoms with Crippen LogP contribution in [0.25, 0.3) is 0 Å². The Bertz CT molecular complexity index is 503. The average molecular weight is 315 g/mol. The second-order valence-electron chi connectivity index (χ2n) is 7.10. The molecular formula is C19H29N3O. The molecule has 2 fully saturated rings. The third kappa shape index (κ3) is 4.95. The van der Waals surface area contributed by atoms with E-state index < -0.39 is 0 Å². The third-order valence-electron chi connectivity index (χ3n) is 5.17. The molecule has 0 atom stereocenters. The summed E-state index contributed by atoms with van der Waals surface area (Å²) in [5.41, 5.74) is 1.65. The van der Waals surface area contributed by atoms with Crippen LogP contribution in [0.5, 0.6) is 0 Å². The molecule has 1 heterocycles. The fourth-order valence-corrected chi connectivity index (χ4v) is 3.82. The van der Waals surface area contributed by atoms with Gasteiger partial charge in [0, 0.05) is 24.5 Å². The van der Waals surface area contributed by atoms with Crippen molar-refractivity contribution in [1.82, 2.24) is 10.3 Å². The number of anilines is 1. The minimum absolute atomic E-state index is 0.0221. The summed E-state index contributed by atoms with van der Waals surface area (Å²) in [7, 11) is 0. The van der Waals surface area contributed by atoms with Crippen molar-refractivity contribution in [2.45, 2.75) is 82.7 Å². The number of pyridine rings is 1. The molecule has 1 aromatic heterocycles. The highest BCUT2D eigenvalue weighted by Crippen LogP contribution is 2.22. The number of carbonyl (C=O) groups is 1. The van der Waals surface area contributed by atoms with Gasteiger partial charge in [-0.25, -0.2) is 0 Å². The number of nitrogens with one attached hydrogen (secondary N) is 2. The number of carbonyl (C=O) groups excluding carboxylic acids is 1. The monoisotopic (exact) mass is 315 g/mol. The first-order valence-corrected chi connectivity index (χ1v) is 9.34. The highest BCUT2D eigenvalue weighted by atomic mass is 16.1. The zero-order chi connectivity index (χ0) is 15.9. The predicted molar refractivity (Wildman–Crippen MR) is 93.7 cm³/mol. The molecule has 0 unspecified atom stereocenters. The maximum absolute atomic E-state index is 12.4. The van der Waals surface area contributed by atoms with Crippen LogP contribution in [0.15, 0.2) is 18.5 Å². The molecule has 126 valence electrons. The van der Waals surface area contributed by atoms with Gasteiger partial charge in [0.2, 0.25) is 0 Å². The minimum atomic E-state index is 0.0221. The summed E-state index contributed by atoms with van der Waals surface area (Å²) >= 11 is 0. The first-order chi connectivity index (χ1) is 11.3. The van der Waals surface area contributed by atoms with Gasteiger partial charge in [-0.05, 0) is 31.7 Å². The topological polar surface area (TPSA) is 54.0 Å². The van der Waals surface area contributed by atoms with E-state index in [9.17, 15) is 4.79 Å². The molecule has 0 aliphatic heterocycles. The van der Waals surface area contributed by atoms with Crippen LogP contribution >= 0.6 is 0 Å². The van der Waals surface area contributed by atoms with E-state index in [0.29, 0.717) is 17.6 Å². The van der Waals surface area contributed by atoms with Gasteiger partial charge in [0.25, 0.3) is 5.91 Å². The molecule has 2 N–H and O–H groups in total. The standard InChI is InChI=1S/C19H29N3O/c23-19(22-17-10-6-3-7-11-17)15-12-18(14-20-13-15)21-16-8-4-1-2-5-9-16/h12-14,16-17,21H,1-11H2,(H,22,23). The molecule has 0 radical (unpaired) electrons. The lowest BCUT2D eigenvalue weighted by Crippen LogP contribution is -2.36. The highest BCUT2D eigenvalue weighted by molar-refractivity contribution is 5.94. The fraction of sp³-hybridized carbons (Fsp3) is 0.684. The normalized spacial score (nSPS) is 20.7. The van der Waals surface area contributed by atoms with Gasteiger partial charge in [-0.15, -0.1) is 0 Å². The molecule has 0 aromatic carbocycles. The number of hydrogen-bond acceptors (Lipinski definition) is 3. The largest absolute Gasteiger partial charge is 0.381 e. The van der Waals surface area contributed by atoms with Crippen molar-refractivity contribution in [3.8, 4) is 0 Å². The molecule has 2 aliphatic carbocycles. The van der Waals surface area contributed by atoms with Gasteiger partial charge < -0.3 is 10.6 Å². The molecule has 0 bridgehead atoms. The summed E-state index contributed by atoms with van der Waals surface area (Å²) in [6.45, 7) is 0. The summed E-state index contributed by atoms with van der Waals surface area (Å²) in [6.07, 6.45) is 17.2. The maximum atomic E-state index is 12.4. The Hall–Kier alpha value is -1.58. The van der Waals surface area contributed by atoms with E-state index in [4.69, 9.17) is 0 Å². The molecule has 4 heteroatoms. The SMILES string of the molecule is O=C(NC1CCCCC1)c1cncc(NC2CCCCCC2)c1. The third-order valence-corrected chi connectivity index (χ3v) is 5.17. The van der Waals surface area contributed by atoms with Gasteiger partial charge in [0.15, 0.2) is 0 Å². The zero-order valence-electron chi connectivity index (χ0n) is 14.0. The quantitative estimate of drug-likeness (QED) is 0.815. The zero-order valence-corrected chi connectivity index (χ0v) is 14.0. The highest BCUT2D eigenvalue weighted by Gasteiger charge is 2.17. The number of hydrogen-bond donors (Lipinski definition) is 2. The van der Waals surface area contributed by atoms with Gasteiger partial charge in [-0.3, -0.25) is 9.78 Å². The summed E-state index contributed by atoms with van der Waals surface area (Å²) in [5.74, 6) is 0.0221. The molecule has 0 spiro atoms. The van der Waals surface area contributed by atoms with E-state index in [-0.39, 0.29) is 5.91 Å². The molecule has 1 amide bonds. The predicted octanol–water partition coefficient (Wildman–Crippen LogP) is 4.28. The Labute approximate surface area is 139 Å². The first-order valence-electron chi connectivity index (χ1n) is 9.34. The first kappa shape index (κ1) is 16.3. The van der Waals surface area contributed by atoms with Crippen LogP contribution < -0.4 is 10.6 Å². The smallest absolute Gasteiger partial charge is 0.253 e. The van der Waals surface area contributed by atoms with Crippen LogP contribution in [-0.4, -0.2) is 23.0 Å². The number of amides is 1. The average Bonchev–Trinajstić information content (AvgIpc) is 2.85. The van der Waals surface area contributed by atoms with E-state index in [1.165, 1.54) is 57.8 Å². The van der Waals surface area contributed by atoms with E-state index in [1.54, 1.807) is 6.20 Å². The molecule has 4 nitrogen and oxygen atoms in total. The van der Waals surface area contributed by atoms with Gasteiger partial charge in [0.05, 0.1) is 11.3 Å². The molecule has 3 rings (SSSR count). The van der Waals surface area contributed by atoms with Crippen molar-refractivity contribution < 1.29 is 4.79 Å². The number of nitrogens with zero attached hydrogens (tertiary/aromatic N) is 1. The van der Waals surface area contributed by atoms with E-state index in [0.717, 1.165) is 18.5 Å². The summed E-state index contributed by atoms with van der Waals surface area (Å²) in [5, 5.41) is 6.75. The summed E-state index contributed by atoms with van der Waals surface area (Å²) < 4.78 is 0. The van der Waals surface area contributed by atoms with Crippen LogP contribution in [0.2, 0.25) is 0 Å². The number of rotatable bonds is 4. The summed E-state index contributed by atoms with van der Waals surface area (Å²) in [4.78, 5) is 16.7. The molecule has 1 aromatic rings. The molecular weight excluding hydrogens is 286 g/mol. The van der Waals surface area contributed by atoms with E-state index in [1.807, 2.05) is 12.3 Å². The van der Waals surface area contributed by atoms with E-state index in [2.05, 4.69) is 15.6 Å². The van der Waals surface area contributed by atoms with Gasteiger partial charge in [-0.1, -0.05) is 44.9 Å². The Morgan fingerprint density at radius 2 is 1.48 bits per heavy atom. The van der Waals surface area contributed by atoms with Crippen LogP contribution in [0, 0.1) is 0 Å². The van der Waals surface area contributed by atoms with Crippen molar-refractivity contribution in [3.05, 3.63) is 24.0 Å². The van der Waals surface area contributed by atoms with Crippen molar-refractivity contribution in [2.24, 2.45) is 0 Å². The van der Waals surface area contributed by atoms with Crippen LogP contribution in [0.1, 0.15) is 81.0 Å². The second-order valence-corrected chi connectivity index (χ2v) is 7.10. The number of aromatic nitrogens is 1. The summed E-state index contributed by atoms with van der Waals surface area (Å²) in [6, 6.07) is 2.82. The Balaban J connectivity index is 1.58. The van der Waals surface area contributed by atoms with Crippen molar-refractivity contribution >= 4 is 11.6 Å². The van der Waals surface area contributed by atoms with Crippen molar-refractivity contribution in [1.29, 1.82) is 0 Å². The van der Waals surface area contributed by atoms with Crippen LogP contribution in [-0.2, 0) is 0 Å². The lowest BCUT2D eigenvalue weighted by molar-refractivity contribution is 0.0927.